The second kappa shape index (κ2) is 6.15. The van der Waals surface area contributed by atoms with Crippen LogP contribution in [0.3, 0.4) is 0 Å². The average molecular weight is 250 g/mol. The normalized spacial score (nSPS) is 23.2. The molecule has 1 rings (SSSR count). The van der Waals surface area contributed by atoms with Crippen LogP contribution in [0.2, 0.25) is 0 Å². The van der Waals surface area contributed by atoms with E-state index in [0.29, 0.717) is 12.8 Å². The van der Waals surface area contributed by atoms with Crippen molar-refractivity contribution in [2.75, 3.05) is 14.2 Å². The topological polar surface area (TPSA) is 55.8 Å². The lowest BCUT2D eigenvalue weighted by atomic mass is 10.1. The first-order chi connectivity index (χ1) is 7.58. The van der Waals surface area contributed by atoms with Crippen LogP contribution in [0, 0.1) is 0 Å². The summed E-state index contributed by atoms with van der Waals surface area (Å²) in [5.74, 6) is 0. The van der Waals surface area contributed by atoms with Crippen molar-refractivity contribution in [2.45, 2.75) is 56.7 Å². The highest BCUT2D eigenvalue weighted by Crippen LogP contribution is 2.61. The number of aliphatic hydroxyl groups is 1. The number of rotatable bonds is 3. The molecule has 1 fully saturated rings. The Morgan fingerprint density at radius 3 is 1.69 bits per heavy atom. The van der Waals surface area contributed by atoms with Crippen molar-refractivity contribution in [3.63, 3.8) is 0 Å². The molecule has 0 amide bonds. The van der Waals surface area contributed by atoms with E-state index in [0.717, 1.165) is 25.7 Å². The Balaban J connectivity index is 2.80. The van der Waals surface area contributed by atoms with E-state index in [2.05, 4.69) is 0 Å². The molecule has 4 nitrogen and oxygen atoms in total. The Hall–Kier alpha value is 0.110. The van der Waals surface area contributed by atoms with Crippen LogP contribution in [0.4, 0.5) is 0 Å². The van der Waals surface area contributed by atoms with Gasteiger partial charge in [-0.2, -0.15) is 0 Å². The van der Waals surface area contributed by atoms with Crippen LogP contribution < -0.4 is 0 Å². The van der Waals surface area contributed by atoms with Crippen LogP contribution >= 0.6 is 7.60 Å². The van der Waals surface area contributed by atoms with E-state index >= 15 is 0 Å². The first kappa shape index (κ1) is 14.2. The molecule has 0 radical (unpaired) electrons. The van der Waals surface area contributed by atoms with Crippen LogP contribution in [0.5, 0.6) is 0 Å². The summed E-state index contributed by atoms with van der Waals surface area (Å²) in [6.45, 7) is 0. The maximum atomic E-state index is 12.3. The Morgan fingerprint density at radius 1 is 0.938 bits per heavy atom. The highest BCUT2D eigenvalue weighted by Gasteiger charge is 2.47. The predicted molar refractivity (Wildman–Crippen MR) is 63.5 cm³/mol. The van der Waals surface area contributed by atoms with Crippen molar-refractivity contribution in [1.29, 1.82) is 0 Å². The summed E-state index contributed by atoms with van der Waals surface area (Å²) in [5, 5.41) is 9.22. The van der Waals surface area contributed by atoms with Crippen molar-refractivity contribution in [3.8, 4) is 0 Å². The summed E-state index contributed by atoms with van der Waals surface area (Å²) in [7, 11) is -0.695. The van der Waals surface area contributed by atoms with Crippen LogP contribution in [0.1, 0.15) is 51.4 Å². The molecular formula is C11H23O4P. The SMILES string of the molecule is COP(=O)(OC)C1(O)CCCCCCCC1. The lowest BCUT2D eigenvalue weighted by molar-refractivity contribution is 0.0599. The average Bonchev–Trinajstić information content (AvgIpc) is 2.41. The molecule has 1 N–H and O–H groups in total. The van der Waals surface area contributed by atoms with Gasteiger partial charge in [0.15, 0.2) is 5.34 Å². The molecule has 0 aromatic carbocycles. The first-order valence-corrected chi connectivity index (χ1v) is 7.56. The molecule has 16 heavy (non-hydrogen) atoms. The molecule has 0 unspecified atom stereocenters. The van der Waals surface area contributed by atoms with E-state index in [4.69, 9.17) is 9.05 Å². The minimum absolute atomic E-state index is 0.506. The van der Waals surface area contributed by atoms with Gasteiger partial charge in [-0.15, -0.1) is 0 Å². The number of hydrogen-bond acceptors (Lipinski definition) is 4. The third kappa shape index (κ3) is 3.07. The summed E-state index contributed by atoms with van der Waals surface area (Å²) in [6, 6.07) is 0. The van der Waals surface area contributed by atoms with E-state index < -0.39 is 12.9 Å². The van der Waals surface area contributed by atoms with Crippen LogP contribution in [0.15, 0.2) is 0 Å². The Kier molecular flexibility index (Phi) is 5.45. The molecule has 0 aromatic rings. The summed E-state index contributed by atoms with van der Waals surface area (Å²) in [5.41, 5.74) is 0. The van der Waals surface area contributed by atoms with Gasteiger partial charge in [0.25, 0.3) is 0 Å². The summed E-state index contributed by atoms with van der Waals surface area (Å²) >= 11 is 0. The zero-order valence-electron chi connectivity index (χ0n) is 10.3. The largest absolute Gasteiger partial charge is 0.377 e. The van der Waals surface area contributed by atoms with Crippen LogP contribution in [0.25, 0.3) is 0 Å². The fourth-order valence-electron chi connectivity index (χ4n) is 2.34. The summed E-state index contributed by atoms with van der Waals surface area (Å²) in [4.78, 5) is 0. The lowest BCUT2D eigenvalue weighted by Gasteiger charge is -2.33. The van der Waals surface area contributed by atoms with Gasteiger partial charge < -0.3 is 14.2 Å². The van der Waals surface area contributed by atoms with Gasteiger partial charge in [-0.25, -0.2) is 0 Å². The minimum Gasteiger partial charge on any atom is -0.377 e. The summed E-state index contributed by atoms with van der Waals surface area (Å²) < 4.78 is 22.2. The molecule has 0 bridgehead atoms. The molecule has 96 valence electrons. The monoisotopic (exact) mass is 250 g/mol. The van der Waals surface area contributed by atoms with Crippen molar-refractivity contribution >= 4 is 7.60 Å². The van der Waals surface area contributed by atoms with Gasteiger partial charge in [0.1, 0.15) is 0 Å². The van der Waals surface area contributed by atoms with E-state index in [1.807, 2.05) is 0 Å². The van der Waals surface area contributed by atoms with Crippen molar-refractivity contribution in [3.05, 3.63) is 0 Å². The minimum atomic E-state index is -3.38. The van der Waals surface area contributed by atoms with Gasteiger partial charge >= 0.3 is 7.60 Å². The van der Waals surface area contributed by atoms with E-state index in [1.165, 1.54) is 27.1 Å². The standard InChI is InChI=1S/C11H23O4P/c1-14-16(13,15-2)11(12)9-7-5-3-4-6-8-10-11/h12H,3-10H2,1-2H3. The van der Waals surface area contributed by atoms with Gasteiger partial charge in [0.05, 0.1) is 0 Å². The second-order valence-corrected chi connectivity index (χ2v) is 7.02. The van der Waals surface area contributed by atoms with Gasteiger partial charge in [0.2, 0.25) is 0 Å². The molecule has 0 heterocycles. The van der Waals surface area contributed by atoms with Crippen molar-refractivity contribution < 1.29 is 18.7 Å². The first-order valence-electron chi connectivity index (χ1n) is 6.02. The van der Waals surface area contributed by atoms with E-state index in [1.54, 1.807) is 0 Å². The molecule has 5 heteroatoms. The smallest absolute Gasteiger partial charge is 0.361 e. The molecular weight excluding hydrogens is 227 g/mol. The Morgan fingerprint density at radius 2 is 1.31 bits per heavy atom. The van der Waals surface area contributed by atoms with Crippen LogP contribution in [-0.4, -0.2) is 24.7 Å². The molecule has 0 aliphatic heterocycles. The van der Waals surface area contributed by atoms with Crippen molar-refractivity contribution in [1.82, 2.24) is 0 Å². The molecule has 0 aromatic heterocycles. The third-order valence-corrected chi connectivity index (χ3v) is 5.82. The molecule has 0 atom stereocenters. The Labute approximate surface area is 97.9 Å². The molecule has 1 aliphatic carbocycles. The van der Waals surface area contributed by atoms with E-state index in [-0.39, 0.29) is 0 Å². The van der Waals surface area contributed by atoms with E-state index in [9.17, 15) is 9.67 Å². The maximum absolute atomic E-state index is 12.3. The highest BCUT2D eigenvalue weighted by molar-refractivity contribution is 7.55. The summed E-state index contributed by atoms with van der Waals surface area (Å²) in [6.07, 6.45) is 7.32. The van der Waals surface area contributed by atoms with Crippen molar-refractivity contribution in [2.24, 2.45) is 0 Å². The van der Waals surface area contributed by atoms with Gasteiger partial charge in [-0.3, -0.25) is 4.57 Å². The zero-order chi connectivity index (χ0) is 12.1. The quantitative estimate of drug-likeness (QED) is 0.781. The van der Waals surface area contributed by atoms with Crippen LogP contribution in [-0.2, 0) is 13.6 Å². The Bertz CT molecular complexity index is 236. The fraction of sp³-hybridized carbons (Fsp3) is 1.00. The zero-order valence-corrected chi connectivity index (χ0v) is 11.2. The van der Waals surface area contributed by atoms with Gasteiger partial charge in [-0.05, 0) is 25.7 Å². The fourth-order valence-corrected chi connectivity index (χ4v) is 4.03. The predicted octanol–water partition coefficient (Wildman–Crippen LogP) is 3.30. The second-order valence-electron chi connectivity index (χ2n) is 4.47. The number of hydrogen-bond donors (Lipinski definition) is 1. The molecule has 1 saturated carbocycles. The highest BCUT2D eigenvalue weighted by atomic mass is 31.2. The maximum Gasteiger partial charge on any atom is 0.361 e. The van der Waals surface area contributed by atoms with Gasteiger partial charge in [0, 0.05) is 14.2 Å². The van der Waals surface area contributed by atoms with Gasteiger partial charge in [-0.1, -0.05) is 25.7 Å². The molecule has 0 saturated heterocycles. The molecule has 0 spiro atoms. The third-order valence-electron chi connectivity index (χ3n) is 3.39. The molecule has 1 aliphatic rings. The lowest BCUT2D eigenvalue weighted by Crippen LogP contribution is -2.30.